The van der Waals surface area contributed by atoms with E-state index in [9.17, 15) is 13.2 Å². The van der Waals surface area contributed by atoms with Crippen LogP contribution in [0.1, 0.15) is 42.6 Å². The Bertz CT molecular complexity index is 363. The highest BCUT2D eigenvalue weighted by Crippen LogP contribution is 2.43. The molecule has 1 unspecified atom stereocenters. The summed E-state index contributed by atoms with van der Waals surface area (Å²) in [6, 6.07) is 1.42. The normalized spacial score (nSPS) is 17.6. The van der Waals surface area contributed by atoms with Gasteiger partial charge in [-0.25, -0.2) is 0 Å². The molecule has 0 saturated heterocycles. The van der Waals surface area contributed by atoms with Crippen LogP contribution in [0.25, 0.3) is 0 Å². The summed E-state index contributed by atoms with van der Waals surface area (Å²) in [5.41, 5.74) is 5.14. The maximum absolute atomic E-state index is 12.7. The summed E-state index contributed by atoms with van der Waals surface area (Å²) < 4.78 is 43.0. The Morgan fingerprint density at radius 1 is 1.47 bits per heavy atom. The maximum Gasteiger partial charge on any atom is 0.397 e. The Kier molecular flexibility index (Phi) is 4.43. The lowest BCUT2D eigenvalue weighted by atomic mass is 10.0. The smallest absolute Gasteiger partial charge is 0.361 e. The number of hydrogen-bond donors (Lipinski definition) is 1. The van der Waals surface area contributed by atoms with Crippen molar-refractivity contribution in [3.8, 4) is 0 Å². The average molecular weight is 271 g/mol. The quantitative estimate of drug-likeness (QED) is 0.915. The first-order valence-electron chi connectivity index (χ1n) is 5.25. The van der Waals surface area contributed by atoms with Crippen molar-refractivity contribution >= 4 is 12.4 Å². The molecule has 0 aliphatic heterocycles. The third kappa shape index (κ3) is 3.35. The monoisotopic (exact) mass is 270 g/mol. The number of nitrogens with two attached hydrogens (primary N) is 1. The minimum atomic E-state index is -4.31. The van der Waals surface area contributed by atoms with Gasteiger partial charge < -0.3 is 10.3 Å². The Balaban J connectivity index is 0.00000144. The van der Waals surface area contributed by atoms with Crippen LogP contribution >= 0.6 is 12.4 Å². The summed E-state index contributed by atoms with van der Waals surface area (Å²) in [7, 11) is 0. The summed E-state index contributed by atoms with van der Waals surface area (Å²) in [6.07, 6.45) is -2.51. The van der Waals surface area contributed by atoms with Crippen molar-refractivity contribution in [1.29, 1.82) is 0 Å². The van der Waals surface area contributed by atoms with E-state index in [0.29, 0.717) is 5.76 Å². The largest absolute Gasteiger partial charge is 0.397 e. The second-order valence-corrected chi connectivity index (χ2v) is 4.10. The van der Waals surface area contributed by atoms with Crippen LogP contribution in [0, 0.1) is 0 Å². The van der Waals surface area contributed by atoms with Crippen LogP contribution in [0.15, 0.2) is 10.6 Å². The molecule has 7 heteroatoms. The molecule has 1 heterocycles. The number of aromatic nitrogens is 1. The lowest BCUT2D eigenvalue weighted by Gasteiger charge is -2.16. The molecule has 0 spiro atoms. The topological polar surface area (TPSA) is 52.0 Å². The maximum atomic E-state index is 12.7. The molecule has 2 rings (SSSR count). The van der Waals surface area contributed by atoms with E-state index >= 15 is 0 Å². The third-order valence-corrected chi connectivity index (χ3v) is 2.73. The van der Waals surface area contributed by atoms with E-state index in [1.54, 1.807) is 0 Å². The zero-order valence-corrected chi connectivity index (χ0v) is 9.85. The zero-order chi connectivity index (χ0) is 11.8. The molecule has 98 valence electrons. The number of halogens is 4. The highest BCUT2D eigenvalue weighted by molar-refractivity contribution is 5.85. The first kappa shape index (κ1) is 14.3. The molecule has 1 aromatic heterocycles. The van der Waals surface area contributed by atoms with Crippen LogP contribution in [0.5, 0.6) is 0 Å². The summed E-state index contributed by atoms with van der Waals surface area (Å²) in [5, 5.41) is 3.51. The SMILES string of the molecule is Cl.NCCC(c1cc(C2CC2)on1)C(F)(F)F. The van der Waals surface area contributed by atoms with Gasteiger partial charge in [0, 0.05) is 12.0 Å². The first-order chi connectivity index (χ1) is 7.52. The van der Waals surface area contributed by atoms with Crippen LogP contribution in [0.4, 0.5) is 13.2 Å². The summed E-state index contributed by atoms with van der Waals surface area (Å²) in [6.45, 7) is -0.0181. The highest BCUT2D eigenvalue weighted by atomic mass is 35.5. The molecule has 1 aromatic rings. The molecule has 0 bridgehead atoms. The van der Waals surface area contributed by atoms with Gasteiger partial charge in [0.2, 0.25) is 0 Å². The van der Waals surface area contributed by atoms with Gasteiger partial charge in [0.15, 0.2) is 0 Å². The van der Waals surface area contributed by atoms with Crippen molar-refractivity contribution in [2.45, 2.75) is 37.3 Å². The Morgan fingerprint density at radius 2 is 2.12 bits per heavy atom. The fraction of sp³-hybridized carbons (Fsp3) is 0.700. The van der Waals surface area contributed by atoms with Gasteiger partial charge in [-0.2, -0.15) is 13.2 Å². The number of rotatable bonds is 4. The van der Waals surface area contributed by atoms with Crippen LogP contribution in [0.2, 0.25) is 0 Å². The molecular formula is C10H14ClF3N2O. The highest BCUT2D eigenvalue weighted by Gasteiger charge is 2.42. The van der Waals surface area contributed by atoms with Crippen LogP contribution in [-0.4, -0.2) is 17.9 Å². The molecule has 0 aromatic carbocycles. The Hall–Kier alpha value is -0.750. The van der Waals surface area contributed by atoms with Crippen molar-refractivity contribution in [3.63, 3.8) is 0 Å². The second-order valence-electron chi connectivity index (χ2n) is 4.10. The van der Waals surface area contributed by atoms with E-state index < -0.39 is 12.1 Å². The van der Waals surface area contributed by atoms with Crippen LogP contribution < -0.4 is 5.73 Å². The molecule has 1 atom stereocenters. The molecule has 1 saturated carbocycles. The Morgan fingerprint density at radius 3 is 2.59 bits per heavy atom. The average Bonchev–Trinajstić information content (AvgIpc) is 2.93. The lowest BCUT2D eigenvalue weighted by Crippen LogP contribution is -2.23. The molecule has 0 radical (unpaired) electrons. The van der Waals surface area contributed by atoms with E-state index in [1.807, 2.05) is 0 Å². The van der Waals surface area contributed by atoms with E-state index in [1.165, 1.54) is 6.07 Å². The standard InChI is InChI=1S/C10H13F3N2O.ClH/c11-10(12,13)7(3-4-14)8-5-9(16-15-8)6-1-2-6;/h5-7H,1-4,14H2;1H. The molecule has 2 N–H and O–H groups in total. The van der Waals surface area contributed by atoms with Crippen molar-refractivity contribution in [2.24, 2.45) is 5.73 Å². The van der Waals surface area contributed by atoms with E-state index in [0.717, 1.165) is 12.8 Å². The van der Waals surface area contributed by atoms with Gasteiger partial charge >= 0.3 is 6.18 Å². The summed E-state index contributed by atoms with van der Waals surface area (Å²) in [5.74, 6) is -0.761. The predicted octanol–water partition coefficient (Wildman–Crippen LogP) is 2.97. The van der Waals surface area contributed by atoms with E-state index in [-0.39, 0.29) is 37.0 Å². The number of hydrogen-bond acceptors (Lipinski definition) is 3. The van der Waals surface area contributed by atoms with Crippen molar-refractivity contribution in [3.05, 3.63) is 17.5 Å². The third-order valence-electron chi connectivity index (χ3n) is 2.73. The number of nitrogens with zero attached hydrogens (tertiary/aromatic N) is 1. The first-order valence-corrected chi connectivity index (χ1v) is 5.25. The fourth-order valence-corrected chi connectivity index (χ4v) is 1.67. The summed E-state index contributed by atoms with van der Waals surface area (Å²) in [4.78, 5) is 0. The Labute approximate surface area is 103 Å². The second kappa shape index (κ2) is 5.27. The van der Waals surface area contributed by atoms with Crippen LogP contribution in [0.3, 0.4) is 0 Å². The minimum Gasteiger partial charge on any atom is -0.361 e. The van der Waals surface area contributed by atoms with Crippen molar-refractivity contribution < 1.29 is 17.7 Å². The number of alkyl halides is 3. The minimum absolute atomic E-state index is 0. The van der Waals surface area contributed by atoms with Crippen molar-refractivity contribution in [1.82, 2.24) is 5.16 Å². The molecule has 0 amide bonds. The van der Waals surface area contributed by atoms with Gasteiger partial charge in [0.05, 0.1) is 5.69 Å². The molecule has 17 heavy (non-hydrogen) atoms. The van der Waals surface area contributed by atoms with Crippen LogP contribution in [-0.2, 0) is 0 Å². The predicted molar refractivity (Wildman–Crippen MR) is 58.2 cm³/mol. The van der Waals surface area contributed by atoms with Gasteiger partial charge in [-0.05, 0) is 25.8 Å². The molecule has 1 fully saturated rings. The molecule has 3 nitrogen and oxygen atoms in total. The van der Waals surface area contributed by atoms with Crippen molar-refractivity contribution in [2.75, 3.05) is 6.54 Å². The zero-order valence-electron chi connectivity index (χ0n) is 9.04. The van der Waals surface area contributed by atoms with Gasteiger partial charge in [0.25, 0.3) is 0 Å². The van der Waals surface area contributed by atoms with E-state index in [2.05, 4.69) is 5.16 Å². The summed E-state index contributed by atoms with van der Waals surface area (Å²) >= 11 is 0. The van der Waals surface area contributed by atoms with Gasteiger partial charge in [-0.15, -0.1) is 12.4 Å². The lowest BCUT2D eigenvalue weighted by molar-refractivity contribution is -0.152. The molecular weight excluding hydrogens is 257 g/mol. The van der Waals surface area contributed by atoms with Gasteiger partial charge in [-0.1, -0.05) is 5.16 Å². The molecule has 1 aliphatic rings. The van der Waals surface area contributed by atoms with E-state index in [4.69, 9.17) is 10.3 Å². The fourth-order valence-electron chi connectivity index (χ4n) is 1.67. The molecule has 1 aliphatic carbocycles. The van der Waals surface area contributed by atoms with Gasteiger partial charge in [-0.3, -0.25) is 0 Å². The van der Waals surface area contributed by atoms with Gasteiger partial charge in [0.1, 0.15) is 11.7 Å².